The van der Waals surface area contributed by atoms with E-state index in [1.165, 1.54) is 11.6 Å². The Labute approximate surface area is 154 Å². The van der Waals surface area contributed by atoms with E-state index in [1.807, 2.05) is 0 Å². The van der Waals surface area contributed by atoms with Gasteiger partial charge in [-0.25, -0.2) is 8.42 Å². The number of amides is 1. The summed E-state index contributed by atoms with van der Waals surface area (Å²) >= 11 is 0. The number of carbonyl (C=O) groups excluding carboxylic acids is 1. The molecule has 3 N–H and O–H groups in total. The van der Waals surface area contributed by atoms with Crippen molar-refractivity contribution in [3.05, 3.63) is 11.4 Å². The SMILES string of the molecule is Cc1nn(C)c(C)c1S(=O)(=O)NC(C)C(=O)NCCCCCCC(=O)O. The highest BCUT2D eigenvalue weighted by molar-refractivity contribution is 7.89. The number of aliphatic carboxylic acids is 1. The zero-order valence-corrected chi connectivity index (χ0v) is 16.5. The minimum Gasteiger partial charge on any atom is -0.481 e. The zero-order valence-electron chi connectivity index (χ0n) is 15.7. The highest BCUT2D eigenvalue weighted by Crippen LogP contribution is 2.18. The van der Waals surface area contributed by atoms with E-state index in [1.54, 1.807) is 20.9 Å². The molecule has 1 aromatic rings. The van der Waals surface area contributed by atoms with Crippen molar-refractivity contribution < 1.29 is 23.1 Å². The van der Waals surface area contributed by atoms with Gasteiger partial charge in [0.2, 0.25) is 15.9 Å². The average Bonchev–Trinajstić information content (AvgIpc) is 2.78. The molecule has 148 valence electrons. The fourth-order valence-corrected chi connectivity index (χ4v) is 4.25. The lowest BCUT2D eigenvalue weighted by atomic mass is 10.1. The molecule has 0 bridgehead atoms. The molecule has 10 heteroatoms. The summed E-state index contributed by atoms with van der Waals surface area (Å²) in [6, 6.07) is -0.911. The largest absolute Gasteiger partial charge is 0.481 e. The molecule has 0 radical (unpaired) electrons. The molecule has 0 saturated heterocycles. The Hall–Kier alpha value is -1.94. The summed E-state index contributed by atoms with van der Waals surface area (Å²) < 4.78 is 28.9. The molecule has 1 aromatic heterocycles. The second-order valence-electron chi connectivity index (χ2n) is 6.32. The van der Waals surface area contributed by atoms with Gasteiger partial charge in [0.15, 0.2) is 0 Å². The third-order valence-electron chi connectivity index (χ3n) is 4.05. The Morgan fingerprint density at radius 3 is 2.35 bits per heavy atom. The predicted molar refractivity (Wildman–Crippen MR) is 96.2 cm³/mol. The van der Waals surface area contributed by atoms with E-state index >= 15 is 0 Å². The van der Waals surface area contributed by atoms with Crippen LogP contribution in [0.3, 0.4) is 0 Å². The van der Waals surface area contributed by atoms with Crippen molar-refractivity contribution in [1.82, 2.24) is 19.8 Å². The van der Waals surface area contributed by atoms with E-state index < -0.39 is 27.9 Å². The minimum atomic E-state index is -3.85. The maximum atomic E-state index is 12.5. The number of hydrogen-bond acceptors (Lipinski definition) is 5. The zero-order chi connectivity index (χ0) is 19.9. The van der Waals surface area contributed by atoms with Crippen LogP contribution in [-0.2, 0) is 26.7 Å². The van der Waals surface area contributed by atoms with E-state index in [9.17, 15) is 18.0 Å². The molecule has 0 aromatic carbocycles. The summed E-state index contributed by atoms with van der Waals surface area (Å²) in [5, 5.41) is 15.3. The monoisotopic (exact) mass is 388 g/mol. The number of unbranched alkanes of at least 4 members (excludes halogenated alkanes) is 3. The standard InChI is InChI=1S/C16H28N4O5S/c1-11-15(13(3)20(4)18-11)26(24,25)19-12(2)16(23)17-10-8-6-5-7-9-14(21)22/h12,19H,5-10H2,1-4H3,(H,17,23)(H,21,22). The van der Waals surface area contributed by atoms with Gasteiger partial charge >= 0.3 is 5.97 Å². The number of nitrogens with zero attached hydrogens (tertiary/aromatic N) is 2. The first-order chi connectivity index (χ1) is 12.1. The normalized spacial score (nSPS) is 12.8. The third kappa shape index (κ3) is 6.41. The number of aryl methyl sites for hydroxylation is 2. The molecule has 9 nitrogen and oxygen atoms in total. The molecule has 0 aliphatic rings. The molecule has 0 aliphatic heterocycles. The van der Waals surface area contributed by atoms with Gasteiger partial charge in [0.25, 0.3) is 0 Å². The van der Waals surface area contributed by atoms with E-state index in [2.05, 4.69) is 15.1 Å². The van der Waals surface area contributed by atoms with Gasteiger partial charge in [0.1, 0.15) is 4.90 Å². The molecule has 26 heavy (non-hydrogen) atoms. The van der Waals surface area contributed by atoms with E-state index in [-0.39, 0.29) is 11.3 Å². The summed E-state index contributed by atoms with van der Waals surface area (Å²) in [5.74, 6) is -1.21. The number of carbonyl (C=O) groups is 2. The first-order valence-electron chi connectivity index (χ1n) is 8.58. The fourth-order valence-electron chi connectivity index (χ4n) is 2.61. The molecule has 1 heterocycles. The molecule has 1 amide bonds. The van der Waals surface area contributed by atoms with Crippen molar-refractivity contribution in [2.24, 2.45) is 7.05 Å². The maximum absolute atomic E-state index is 12.5. The third-order valence-corrected chi connectivity index (χ3v) is 5.85. The second-order valence-corrected chi connectivity index (χ2v) is 7.97. The van der Waals surface area contributed by atoms with Crippen LogP contribution in [0.4, 0.5) is 0 Å². The average molecular weight is 388 g/mol. The number of carboxylic acids is 1. The van der Waals surface area contributed by atoms with Crippen LogP contribution < -0.4 is 10.0 Å². The minimum absolute atomic E-state index is 0.0954. The van der Waals surface area contributed by atoms with Gasteiger partial charge in [0, 0.05) is 20.0 Å². The highest BCUT2D eigenvalue weighted by Gasteiger charge is 2.27. The lowest BCUT2D eigenvalue weighted by molar-refractivity contribution is -0.137. The van der Waals surface area contributed by atoms with E-state index in [4.69, 9.17) is 5.11 Å². The van der Waals surface area contributed by atoms with Gasteiger partial charge in [0.05, 0.1) is 17.4 Å². The molecule has 1 rings (SSSR count). The van der Waals surface area contributed by atoms with Crippen LogP contribution in [0.5, 0.6) is 0 Å². The van der Waals surface area contributed by atoms with Crippen LogP contribution in [0.1, 0.15) is 50.4 Å². The van der Waals surface area contributed by atoms with E-state index in [0.717, 1.165) is 12.8 Å². The van der Waals surface area contributed by atoms with Crippen LogP contribution in [0.15, 0.2) is 4.90 Å². The Bertz CT molecular complexity index is 742. The first-order valence-corrected chi connectivity index (χ1v) is 10.1. The predicted octanol–water partition coefficient (Wildman–Crippen LogP) is 0.855. The van der Waals surface area contributed by atoms with Crippen molar-refractivity contribution >= 4 is 21.9 Å². The van der Waals surface area contributed by atoms with Gasteiger partial charge in [-0.2, -0.15) is 9.82 Å². The Kier molecular flexibility index (Phi) is 8.22. The quantitative estimate of drug-likeness (QED) is 0.482. The molecular formula is C16H28N4O5S. The topological polar surface area (TPSA) is 130 Å². The smallest absolute Gasteiger partial charge is 0.303 e. The lowest BCUT2D eigenvalue weighted by Gasteiger charge is -2.14. The maximum Gasteiger partial charge on any atom is 0.303 e. The number of nitrogens with one attached hydrogen (secondary N) is 2. The van der Waals surface area contributed by atoms with Crippen molar-refractivity contribution in [3.8, 4) is 0 Å². The highest BCUT2D eigenvalue weighted by atomic mass is 32.2. The van der Waals surface area contributed by atoms with Gasteiger partial charge in [-0.3, -0.25) is 14.3 Å². The summed E-state index contributed by atoms with van der Waals surface area (Å²) in [4.78, 5) is 22.6. The number of hydrogen-bond donors (Lipinski definition) is 3. The van der Waals surface area contributed by atoms with Crippen LogP contribution in [0.25, 0.3) is 0 Å². The number of aromatic nitrogens is 2. The molecule has 1 unspecified atom stereocenters. The fraction of sp³-hybridized carbons (Fsp3) is 0.688. The number of rotatable bonds is 11. The Morgan fingerprint density at radius 2 is 1.81 bits per heavy atom. The van der Waals surface area contributed by atoms with Crippen molar-refractivity contribution in [1.29, 1.82) is 0 Å². The van der Waals surface area contributed by atoms with Crippen LogP contribution in [0.2, 0.25) is 0 Å². The Balaban J connectivity index is 2.45. The summed E-state index contributed by atoms with van der Waals surface area (Å²) in [6.07, 6.45) is 3.07. The second kappa shape index (κ2) is 9.67. The Morgan fingerprint density at radius 1 is 1.19 bits per heavy atom. The summed E-state index contributed by atoms with van der Waals surface area (Å²) in [7, 11) is -2.18. The molecule has 0 saturated carbocycles. The number of carboxylic acid groups (broad SMARTS) is 1. The molecular weight excluding hydrogens is 360 g/mol. The van der Waals surface area contributed by atoms with Crippen LogP contribution in [-0.4, -0.2) is 47.8 Å². The van der Waals surface area contributed by atoms with Gasteiger partial charge in [-0.1, -0.05) is 12.8 Å². The molecule has 1 atom stereocenters. The van der Waals surface area contributed by atoms with Gasteiger partial charge < -0.3 is 10.4 Å². The van der Waals surface area contributed by atoms with Crippen molar-refractivity contribution in [2.45, 2.75) is 63.8 Å². The van der Waals surface area contributed by atoms with Gasteiger partial charge in [-0.05, 0) is 33.6 Å². The molecule has 0 spiro atoms. The number of sulfonamides is 1. The van der Waals surface area contributed by atoms with Crippen LogP contribution >= 0.6 is 0 Å². The molecule has 0 fully saturated rings. The molecule has 0 aliphatic carbocycles. The van der Waals surface area contributed by atoms with Gasteiger partial charge in [-0.15, -0.1) is 0 Å². The van der Waals surface area contributed by atoms with E-state index in [0.29, 0.717) is 30.8 Å². The van der Waals surface area contributed by atoms with Crippen molar-refractivity contribution in [2.75, 3.05) is 6.54 Å². The van der Waals surface area contributed by atoms with Crippen molar-refractivity contribution in [3.63, 3.8) is 0 Å². The first kappa shape index (κ1) is 22.1. The summed E-state index contributed by atoms with van der Waals surface area (Å²) in [6.45, 7) is 5.17. The van der Waals surface area contributed by atoms with Crippen LogP contribution in [0, 0.1) is 13.8 Å². The summed E-state index contributed by atoms with van der Waals surface area (Å²) in [5.41, 5.74) is 0.885. The lowest BCUT2D eigenvalue weighted by Crippen LogP contribution is -2.45.